The van der Waals surface area contributed by atoms with Gasteiger partial charge in [-0.25, -0.2) is 0 Å². The first-order valence-corrected chi connectivity index (χ1v) is 11.5. The Labute approximate surface area is 210 Å². The van der Waals surface area contributed by atoms with Crippen LogP contribution in [-0.2, 0) is 23.3 Å². The van der Waals surface area contributed by atoms with Crippen molar-refractivity contribution in [2.45, 2.75) is 25.5 Å². The predicted octanol–water partition coefficient (Wildman–Crippen LogP) is 3.42. The summed E-state index contributed by atoms with van der Waals surface area (Å²) in [4.78, 5) is 30.9. The van der Waals surface area contributed by atoms with Crippen molar-refractivity contribution in [3.05, 3.63) is 99.9 Å². The van der Waals surface area contributed by atoms with Crippen molar-refractivity contribution < 1.29 is 14.3 Å². The summed E-state index contributed by atoms with van der Waals surface area (Å²) in [6, 6.07) is 18.5. The van der Waals surface area contributed by atoms with Crippen LogP contribution in [-0.4, -0.2) is 42.4 Å². The Hall–Kier alpha value is -4.46. The maximum atomic E-state index is 12.8. The first kappa shape index (κ1) is 24.7. The summed E-state index contributed by atoms with van der Waals surface area (Å²) in [5.74, 6) is 5.85. The van der Waals surface area contributed by atoms with Crippen LogP contribution >= 0.6 is 0 Å². The summed E-state index contributed by atoms with van der Waals surface area (Å²) < 4.78 is 5.53. The van der Waals surface area contributed by atoms with Gasteiger partial charge in [-0.05, 0) is 60.5 Å². The summed E-state index contributed by atoms with van der Waals surface area (Å²) in [7, 11) is 3.42. The maximum absolute atomic E-state index is 12.8. The highest BCUT2D eigenvalue weighted by Crippen LogP contribution is 2.32. The van der Waals surface area contributed by atoms with Gasteiger partial charge in [0, 0.05) is 42.5 Å². The molecule has 7 heteroatoms. The summed E-state index contributed by atoms with van der Waals surface area (Å²) in [5.41, 5.74) is 4.18. The number of ether oxygens (including phenoxy) is 1. The molecule has 0 saturated carbocycles. The number of carbonyl (C=O) groups is 2. The Kier molecular flexibility index (Phi) is 7.15. The van der Waals surface area contributed by atoms with E-state index in [1.807, 2.05) is 25.1 Å². The van der Waals surface area contributed by atoms with Gasteiger partial charge in [0.2, 0.25) is 0 Å². The van der Waals surface area contributed by atoms with Gasteiger partial charge in [0.1, 0.15) is 5.41 Å². The molecule has 0 saturated heterocycles. The molecular weight excluding hydrogens is 452 g/mol. The molecule has 36 heavy (non-hydrogen) atoms. The third-order valence-electron chi connectivity index (χ3n) is 5.98. The smallest absolute Gasteiger partial charge is 0.253 e. The quantitative estimate of drug-likeness (QED) is 0.580. The van der Waals surface area contributed by atoms with Gasteiger partial charge in [-0.3, -0.25) is 14.6 Å². The minimum absolute atomic E-state index is 0.0786. The van der Waals surface area contributed by atoms with E-state index in [2.05, 4.69) is 28.2 Å². The minimum Gasteiger partial charge on any atom is -0.375 e. The molecule has 1 aliphatic rings. The van der Waals surface area contributed by atoms with Gasteiger partial charge in [0.25, 0.3) is 11.8 Å². The van der Waals surface area contributed by atoms with Crippen LogP contribution in [0.4, 0.5) is 0 Å². The number of carbonyl (C=O) groups excluding carboxylic acids is 2. The topological polar surface area (TPSA) is 95.3 Å². The molecule has 0 aliphatic carbocycles. The van der Waals surface area contributed by atoms with Crippen molar-refractivity contribution >= 4 is 11.8 Å². The van der Waals surface area contributed by atoms with E-state index in [1.165, 1.54) is 4.90 Å². The lowest BCUT2D eigenvalue weighted by Crippen LogP contribution is -2.33. The number of hydrogen-bond donors (Lipinski definition) is 1. The number of rotatable bonds is 4. The van der Waals surface area contributed by atoms with Crippen LogP contribution in [0.1, 0.15) is 55.6 Å². The molecule has 3 aromatic rings. The van der Waals surface area contributed by atoms with Gasteiger partial charge in [-0.2, -0.15) is 5.26 Å². The highest BCUT2D eigenvalue weighted by atomic mass is 16.5. The van der Waals surface area contributed by atoms with E-state index in [4.69, 9.17) is 4.74 Å². The molecule has 180 valence electrons. The number of fused-ring (bicyclic) bond motifs is 1. The van der Waals surface area contributed by atoms with Crippen LogP contribution in [0.25, 0.3) is 0 Å². The van der Waals surface area contributed by atoms with Crippen LogP contribution in [0.3, 0.4) is 0 Å². The fourth-order valence-corrected chi connectivity index (χ4v) is 3.95. The third kappa shape index (κ3) is 5.43. The Morgan fingerprint density at radius 3 is 2.61 bits per heavy atom. The van der Waals surface area contributed by atoms with Crippen molar-refractivity contribution in [1.82, 2.24) is 15.2 Å². The number of benzene rings is 2. The van der Waals surface area contributed by atoms with Crippen molar-refractivity contribution in [3.8, 4) is 17.9 Å². The molecule has 7 nitrogen and oxygen atoms in total. The number of nitrogens with one attached hydrogen (secondary N) is 1. The molecule has 0 spiro atoms. The van der Waals surface area contributed by atoms with Crippen LogP contribution in [0.5, 0.6) is 0 Å². The van der Waals surface area contributed by atoms with Crippen LogP contribution in [0.2, 0.25) is 0 Å². The molecule has 1 N–H and O–H groups in total. The molecule has 0 bridgehead atoms. The maximum Gasteiger partial charge on any atom is 0.253 e. The average molecular weight is 479 g/mol. The molecule has 1 aromatic heterocycles. The van der Waals surface area contributed by atoms with E-state index < -0.39 is 5.41 Å². The zero-order valence-corrected chi connectivity index (χ0v) is 20.5. The largest absolute Gasteiger partial charge is 0.375 e. The van der Waals surface area contributed by atoms with Gasteiger partial charge in [-0.15, -0.1) is 0 Å². The van der Waals surface area contributed by atoms with Crippen molar-refractivity contribution in [3.63, 3.8) is 0 Å². The van der Waals surface area contributed by atoms with Crippen LogP contribution in [0.15, 0.2) is 60.8 Å². The van der Waals surface area contributed by atoms with Crippen LogP contribution in [0, 0.1) is 23.2 Å². The van der Waals surface area contributed by atoms with Crippen LogP contribution < -0.4 is 5.32 Å². The fraction of sp³-hybridized carbons (Fsp3) is 0.241. The van der Waals surface area contributed by atoms with E-state index >= 15 is 0 Å². The molecule has 2 heterocycles. The normalized spacial score (nSPS) is 16.1. The average Bonchev–Trinajstić information content (AvgIpc) is 2.90. The van der Waals surface area contributed by atoms with Gasteiger partial charge in [0.15, 0.2) is 0 Å². The Morgan fingerprint density at radius 2 is 1.86 bits per heavy atom. The second-order valence-corrected chi connectivity index (χ2v) is 9.06. The van der Waals surface area contributed by atoms with Crippen molar-refractivity contribution in [1.29, 1.82) is 5.26 Å². The zero-order valence-electron chi connectivity index (χ0n) is 20.5. The van der Waals surface area contributed by atoms with E-state index in [9.17, 15) is 14.9 Å². The monoisotopic (exact) mass is 478 g/mol. The molecule has 2 aromatic carbocycles. The van der Waals surface area contributed by atoms with E-state index in [1.54, 1.807) is 56.7 Å². The summed E-state index contributed by atoms with van der Waals surface area (Å²) in [5, 5.41) is 12.5. The highest BCUT2D eigenvalue weighted by molar-refractivity contribution is 5.95. The summed E-state index contributed by atoms with van der Waals surface area (Å²) in [6.07, 6.45) is 1.65. The van der Waals surface area contributed by atoms with Crippen molar-refractivity contribution in [2.75, 3.05) is 20.7 Å². The Morgan fingerprint density at radius 1 is 1.08 bits per heavy atom. The van der Waals surface area contributed by atoms with E-state index in [0.717, 1.165) is 22.3 Å². The van der Waals surface area contributed by atoms with Gasteiger partial charge in [0.05, 0.1) is 31.5 Å². The molecule has 0 fully saturated rings. The lowest BCUT2D eigenvalue weighted by atomic mass is 9.79. The predicted molar refractivity (Wildman–Crippen MR) is 135 cm³/mol. The van der Waals surface area contributed by atoms with E-state index in [0.29, 0.717) is 30.0 Å². The number of amides is 2. The molecule has 0 radical (unpaired) electrons. The molecular formula is C29H26N4O3. The number of hydrogen-bond acceptors (Lipinski definition) is 5. The lowest BCUT2D eigenvalue weighted by Gasteiger charge is -2.30. The number of aromatic nitrogens is 1. The minimum atomic E-state index is -0.780. The third-order valence-corrected chi connectivity index (χ3v) is 5.98. The second kappa shape index (κ2) is 10.4. The summed E-state index contributed by atoms with van der Waals surface area (Å²) >= 11 is 0. The highest BCUT2D eigenvalue weighted by Gasteiger charge is 2.33. The second-order valence-electron chi connectivity index (χ2n) is 9.06. The molecule has 4 rings (SSSR count). The Balaban J connectivity index is 1.45. The number of nitrogens with zero attached hydrogens (tertiary/aromatic N) is 3. The standard InChI is InChI=1S/C29H26N4O3/c1-29(18-30)19-36-17-24-10-9-22(15-26(24)29)27(34)32-16-25-14-21(11-12-31-25)8-7-20-5-4-6-23(13-20)28(35)33(2)3/h4-6,9-15H,16-17,19H2,1-3H3,(H,32,34)/t29-/m1/s1. The molecule has 1 atom stereocenters. The lowest BCUT2D eigenvalue weighted by molar-refractivity contribution is 0.0757. The fourth-order valence-electron chi connectivity index (χ4n) is 3.95. The molecule has 2 amide bonds. The van der Waals surface area contributed by atoms with Gasteiger partial charge < -0.3 is 15.0 Å². The Bertz CT molecular complexity index is 1430. The molecule has 0 unspecified atom stereocenters. The van der Waals surface area contributed by atoms with Gasteiger partial charge in [-0.1, -0.05) is 24.0 Å². The van der Waals surface area contributed by atoms with E-state index in [-0.39, 0.29) is 18.4 Å². The zero-order chi connectivity index (χ0) is 25.7. The first-order valence-electron chi connectivity index (χ1n) is 11.5. The first-order chi connectivity index (χ1) is 17.3. The number of nitriles is 1. The number of pyridine rings is 1. The van der Waals surface area contributed by atoms with Crippen molar-refractivity contribution in [2.24, 2.45) is 0 Å². The van der Waals surface area contributed by atoms with Gasteiger partial charge >= 0.3 is 0 Å². The SMILES string of the molecule is CN(C)C(=O)c1cccc(C#Cc2ccnc(CNC(=O)c3ccc4c(c3)[C@](C)(C#N)COC4)c2)c1. The molecule has 1 aliphatic heterocycles. The summed E-state index contributed by atoms with van der Waals surface area (Å²) in [6.45, 7) is 2.79.